The molecule has 1 aromatic heterocycles. The number of oxazole rings is 1. The van der Waals surface area contributed by atoms with Gasteiger partial charge in [0.15, 0.2) is 0 Å². The van der Waals surface area contributed by atoms with Crippen LogP contribution < -0.4 is 5.32 Å². The van der Waals surface area contributed by atoms with Crippen LogP contribution in [-0.4, -0.2) is 48.8 Å². The van der Waals surface area contributed by atoms with E-state index in [2.05, 4.69) is 22.1 Å². The van der Waals surface area contributed by atoms with Crippen molar-refractivity contribution >= 4 is 0 Å². The van der Waals surface area contributed by atoms with Crippen LogP contribution in [0.1, 0.15) is 24.3 Å². The molecule has 1 saturated heterocycles. The molecule has 0 spiro atoms. The predicted octanol–water partition coefficient (Wildman–Crippen LogP) is 1.10. The van der Waals surface area contributed by atoms with E-state index < -0.39 is 0 Å². The van der Waals surface area contributed by atoms with Crippen molar-refractivity contribution in [3.05, 3.63) is 17.3 Å². The fourth-order valence-electron chi connectivity index (χ4n) is 2.11. The molecule has 0 aromatic carbocycles. The molecule has 1 aliphatic rings. The number of hydrogen-bond acceptors (Lipinski definition) is 5. The van der Waals surface area contributed by atoms with Gasteiger partial charge in [0.1, 0.15) is 5.76 Å². The molecule has 2 heterocycles. The molecule has 0 amide bonds. The number of ether oxygens (including phenoxy) is 1. The Kier molecular flexibility index (Phi) is 4.74. The zero-order valence-electron chi connectivity index (χ0n) is 11.5. The van der Waals surface area contributed by atoms with Crippen LogP contribution in [0.4, 0.5) is 0 Å². The smallest absolute Gasteiger partial charge is 0.208 e. The van der Waals surface area contributed by atoms with Gasteiger partial charge in [0, 0.05) is 25.7 Å². The minimum absolute atomic E-state index is 0.426. The van der Waals surface area contributed by atoms with Crippen molar-refractivity contribution in [2.24, 2.45) is 0 Å². The number of morpholine rings is 1. The molecule has 5 heteroatoms. The van der Waals surface area contributed by atoms with E-state index in [0.717, 1.165) is 50.2 Å². The van der Waals surface area contributed by atoms with E-state index in [-0.39, 0.29) is 0 Å². The molecule has 5 nitrogen and oxygen atoms in total. The van der Waals surface area contributed by atoms with E-state index in [1.54, 1.807) is 0 Å². The normalized spacial score (nSPS) is 19.1. The molecular weight excluding hydrogens is 230 g/mol. The van der Waals surface area contributed by atoms with Crippen molar-refractivity contribution in [3.8, 4) is 0 Å². The Morgan fingerprint density at radius 2 is 2.06 bits per heavy atom. The third-order valence-electron chi connectivity index (χ3n) is 3.31. The molecule has 1 atom stereocenters. The molecule has 2 rings (SSSR count). The largest absolute Gasteiger partial charge is 0.444 e. The topological polar surface area (TPSA) is 50.5 Å². The Balaban J connectivity index is 1.72. The van der Waals surface area contributed by atoms with Crippen LogP contribution >= 0.6 is 0 Å². The summed E-state index contributed by atoms with van der Waals surface area (Å²) < 4.78 is 10.9. The lowest BCUT2D eigenvalue weighted by Crippen LogP contribution is -2.44. The van der Waals surface area contributed by atoms with Crippen molar-refractivity contribution in [3.63, 3.8) is 0 Å². The van der Waals surface area contributed by atoms with E-state index in [9.17, 15) is 0 Å². The van der Waals surface area contributed by atoms with Gasteiger partial charge in [-0.25, -0.2) is 4.98 Å². The molecule has 1 N–H and O–H groups in total. The highest BCUT2D eigenvalue weighted by atomic mass is 16.5. The number of aromatic nitrogens is 1. The van der Waals surface area contributed by atoms with Crippen molar-refractivity contribution in [1.29, 1.82) is 0 Å². The van der Waals surface area contributed by atoms with Crippen LogP contribution in [0.5, 0.6) is 0 Å². The van der Waals surface area contributed by atoms with E-state index in [4.69, 9.17) is 9.15 Å². The SMILES string of the molecule is Cc1nc(CNC(C)CN2CCOCC2)oc1C. The van der Waals surface area contributed by atoms with Crippen LogP contribution in [0.15, 0.2) is 4.42 Å². The van der Waals surface area contributed by atoms with Crippen LogP contribution in [0, 0.1) is 13.8 Å². The number of aryl methyl sites for hydroxylation is 2. The molecule has 1 aromatic rings. The molecule has 1 unspecified atom stereocenters. The van der Waals surface area contributed by atoms with Gasteiger partial charge in [-0.3, -0.25) is 4.90 Å². The molecular formula is C13H23N3O2. The molecule has 18 heavy (non-hydrogen) atoms. The molecule has 102 valence electrons. The van der Waals surface area contributed by atoms with Gasteiger partial charge in [0.05, 0.1) is 25.5 Å². The van der Waals surface area contributed by atoms with E-state index >= 15 is 0 Å². The monoisotopic (exact) mass is 253 g/mol. The van der Waals surface area contributed by atoms with Crippen LogP contribution in [-0.2, 0) is 11.3 Å². The van der Waals surface area contributed by atoms with Gasteiger partial charge in [-0.1, -0.05) is 0 Å². The summed E-state index contributed by atoms with van der Waals surface area (Å²) in [7, 11) is 0. The van der Waals surface area contributed by atoms with Crippen molar-refractivity contribution < 1.29 is 9.15 Å². The Labute approximate surface area is 109 Å². The predicted molar refractivity (Wildman–Crippen MR) is 69.5 cm³/mol. The third kappa shape index (κ3) is 3.80. The molecule has 1 aliphatic heterocycles. The Hall–Kier alpha value is -0.910. The van der Waals surface area contributed by atoms with Gasteiger partial charge in [-0.15, -0.1) is 0 Å². The summed E-state index contributed by atoms with van der Waals surface area (Å²) in [6.07, 6.45) is 0. The lowest BCUT2D eigenvalue weighted by atomic mass is 10.3. The maximum atomic E-state index is 5.55. The van der Waals surface area contributed by atoms with Gasteiger partial charge in [-0.05, 0) is 20.8 Å². The molecule has 0 radical (unpaired) electrons. The summed E-state index contributed by atoms with van der Waals surface area (Å²) in [5, 5.41) is 3.45. The maximum Gasteiger partial charge on any atom is 0.208 e. The van der Waals surface area contributed by atoms with Gasteiger partial charge in [0.25, 0.3) is 0 Å². The third-order valence-corrected chi connectivity index (χ3v) is 3.31. The zero-order chi connectivity index (χ0) is 13.0. The summed E-state index contributed by atoms with van der Waals surface area (Å²) in [5.74, 6) is 1.69. The highest BCUT2D eigenvalue weighted by Gasteiger charge is 2.14. The van der Waals surface area contributed by atoms with Gasteiger partial charge < -0.3 is 14.5 Å². The van der Waals surface area contributed by atoms with Crippen molar-refractivity contribution in [1.82, 2.24) is 15.2 Å². The molecule has 1 fully saturated rings. The van der Waals surface area contributed by atoms with Crippen molar-refractivity contribution in [2.45, 2.75) is 33.4 Å². The van der Waals surface area contributed by atoms with Gasteiger partial charge >= 0.3 is 0 Å². The Morgan fingerprint density at radius 1 is 1.33 bits per heavy atom. The van der Waals surface area contributed by atoms with Crippen LogP contribution in [0.2, 0.25) is 0 Å². The second kappa shape index (κ2) is 6.31. The average Bonchev–Trinajstić information content (AvgIpc) is 2.68. The minimum atomic E-state index is 0.426. The zero-order valence-corrected chi connectivity index (χ0v) is 11.5. The van der Waals surface area contributed by atoms with Gasteiger partial charge in [0.2, 0.25) is 5.89 Å². The lowest BCUT2D eigenvalue weighted by molar-refractivity contribution is 0.0342. The molecule has 0 bridgehead atoms. The van der Waals surface area contributed by atoms with E-state index in [1.165, 1.54) is 0 Å². The van der Waals surface area contributed by atoms with Crippen LogP contribution in [0.3, 0.4) is 0 Å². The quantitative estimate of drug-likeness (QED) is 0.851. The first-order chi connectivity index (χ1) is 8.65. The Bertz CT molecular complexity index is 353. The highest BCUT2D eigenvalue weighted by Crippen LogP contribution is 2.08. The summed E-state index contributed by atoms with van der Waals surface area (Å²) >= 11 is 0. The second-order valence-corrected chi connectivity index (χ2v) is 4.94. The summed E-state index contributed by atoms with van der Waals surface area (Å²) in [6, 6.07) is 0.426. The van der Waals surface area contributed by atoms with Crippen LogP contribution in [0.25, 0.3) is 0 Å². The fourth-order valence-corrected chi connectivity index (χ4v) is 2.11. The minimum Gasteiger partial charge on any atom is -0.444 e. The van der Waals surface area contributed by atoms with Crippen molar-refractivity contribution in [2.75, 3.05) is 32.8 Å². The second-order valence-electron chi connectivity index (χ2n) is 4.94. The highest BCUT2D eigenvalue weighted by molar-refractivity contribution is 5.05. The Morgan fingerprint density at radius 3 is 2.67 bits per heavy atom. The average molecular weight is 253 g/mol. The molecule has 0 saturated carbocycles. The number of hydrogen-bond donors (Lipinski definition) is 1. The van der Waals surface area contributed by atoms with Gasteiger partial charge in [-0.2, -0.15) is 0 Å². The first-order valence-electron chi connectivity index (χ1n) is 6.61. The number of nitrogens with zero attached hydrogens (tertiary/aromatic N) is 2. The maximum absolute atomic E-state index is 5.55. The molecule has 0 aliphatic carbocycles. The number of rotatable bonds is 5. The van der Waals surface area contributed by atoms with E-state index in [1.807, 2.05) is 13.8 Å². The van der Waals surface area contributed by atoms with E-state index in [0.29, 0.717) is 12.6 Å². The standard InChI is InChI=1S/C13H23N3O2/c1-10(9-16-4-6-17-7-5-16)14-8-13-15-11(2)12(3)18-13/h10,14H,4-9H2,1-3H3. The number of nitrogens with one attached hydrogen (secondary N) is 1. The summed E-state index contributed by atoms with van der Waals surface area (Å²) in [6.45, 7) is 11.6. The fraction of sp³-hybridized carbons (Fsp3) is 0.769. The summed E-state index contributed by atoms with van der Waals surface area (Å²) in [5.41, 5.74) is 0.979. The first-order valence-corrected chi connectivity index (χ1v) is 6.61. The lowest BCUT2D eigenvalue weighted by Gasteiger charge is -2.29. The first kappa shape index (κ1) is 13.5. The summed E-state index contributed by atoms with van der Waals surface area (Å²) in [4.78, 5) is 6.79.